The van der Waals surface area contributed by atoms with E-state index in [-0.39, 0.29) is 41.8 Å². The van der Waals surface area contributed by atoms with E-state index >= 15 is 0 Å². The summed E-state index contributed by atoms with van der Waals surface area (Å²) in [5, 5.41) is 17.9. The number of hydrogen-bond acceptors (Lipinski definition) is 13. The molecule has 5 atom stereocenters. The lowest BCUT2D eigenvalue weighted by Gasteiger charge is -2.34. The fourth-order valence-corrected chi connectivity index (χ4v) is 9.29. The Balaban J connectivity index is 1.39. The standard InChI is InChI=1S/C26H39ClN5O9PS/c1-6-36-42(35,37-7-2)26(5,14-33)43-13-17-18-19(41-25(3,4)40-18)22(38-17)32-20-16(12-28-32)21(31-23(27)30-20)39-24(34)29-15-10-8-9-11-15/h12,15,17-19,22,33H,6-11,13-14H2,1-5H3,(H,29,34)/t17-,18-,19-,22-,26?/m1/s1. The molecule has 240 valence electrons. The zero-order valence-electron chi connectivity index (χ0n) is 24.9. The van der Waals surface area contributed by atoms with Crippen LogP contribution in [-0.4, -0.2) is 91.2 Å². The van der Waals surface area contributed by atoms with Gasteiger partial charge in [-0.25, -0.2) is 9.48 Å². The molecule has 0 spiro atoms. The summed E-state index contributed by atoms with van der Waals surface area (Å²) in [4.78, 5) is 21.1. The lowest BCUT2D eigenvalue weighted by atomic mass is 10.1. The van der Waals surface area contributed by atoms with Gasteiger partial charge in [0.1, 0.15) is 22.1 Å². The summed E-state index contributed by atoms with van der Waals surface area (Å²) >= 11 is 7.48. The molecule has 0 radical (unpaired) electrons. The maximum atomic E-state index is 13.6. The number of fused-ring (bicyclic) bond motifs is 2. The van der Waals surface area contributed by atoms with Crippen LogP contribution in [0.4, 0.5) is 4.79 Å². The molecule has 2 aliphatic heterocycles. The van der Waals surface area contributed by atoms with Crippen LogP contribution in [0.25, 0.3) is 11.0 Å². The van der Waals surface area contributed by atoms with Crippen LogP contribution in [0.15, 0.2) is 6.20 Å². The van der Waals surface area contributed by atoms with Gasteiger partial charge < -0.3 is 38.4 Å². The van der Waals surface area contributed by atoms with Gasteiger partial charge >= 0.3 is 13.7 Å². The number of hydrogen-bond donors (Lipinski definition) is 2. The molecule has 2 N–H and O–H groups in total. The number of thioether (sulfide) groups is 1. The summed E-state index contributed by atoms with van der Waals surface area (Å²) < 4.78 is 49.5. The molecule has 17 heteroatoms. The summed E-state index contributed by atoms with van der Waals surface area (Å²) in [6.45, 7) is 8.57. The van der Waals surface area contributed by atoms with Crippen LogP contribution in [0.3, 0.4) is 0 Å². The summed E-state index contributed by atoms with van der Waals surface area (Å²) in [5.41, 5.74) is 0.284. The summed E-state index contributed by atoms with van der Waals surface area (Å²) in [5.74, 6) is -0.680. The molecule has 2 aromatic rings. The molecule has 14 nitrogen and oxygen atoms in total. The molecular formula is C26H39ClN5O9PS. The number of ether oxygens (including phenoxy) is 4. The number of halogens is 1. The number of amides is 1. The highest BCUT2D eigenvalue weighted by Gasteiger charge is 2.57. The molecule has 0 bridgehead atoms. The summed E-state index contributed by atoms with van der Waals surface area (Å²) in [7, 11) is -3.69. The molecule has 1 aliphatic carbocycles. The average molecular weight is 664 g/mol. The van der Waals surface area contributed by atoms with E-state index in [9.17, 15) is 14.5 Å². The van der Waals surface area contributed by atoms with Crippen LogP contribution in [0.1, 0.15) is 66.5 Å². The van der Waals surface area contributed by atoms with Gasteiger partial charge in [-0.05, 0) is 59.1 Å². The third-order valence-electron chi connectivity index (χ3n) is 7.65. The van der Waals surface area contributed by atoms with E-state index in [1.54, 1.807) is 34.6 Å². The molecule has 3 aliphatic rings. The van der Waals surface area contributed by atoms with E-state index in [1.165, 1.54) is 22.6 Å². The molecule has 2 saturated heterocycles. The van der Waals surface area contributed by atoms with Crippen molar-refractivity contribution in [2.75, 3.05) is 25.6 Å². The first-order valence-corrected chi connectivity index (χ1v) is 17.4. The van der Waals surface area contributed by atoms with Crippen molar-refractivity contribution < 1.29 is 42.5 Å². The molecule has 1 amide bonds. The van der Waals surface area contributed by atoms with E-state index in [2.05, 4.69) is 20.4 Å². The lowest BCUT2D eigenvalue weighted by Crippen LogP contribution is -2.35. The Labute approximate surface area is 259 Å². The van der Waals surface area contributed by atoms with Crippen molar-refractivity contribution >= 4 is 48.1 Å². The molecule has 43 heavy (non-hydrogen) atoms. The van der Waals surface area contributed by atoms with Gasteiger partial charge in [0.05, 0.1) is 32.1 Å². The number of nitrogens with zero attached hydrogens (tertiary/aromatic N) is 4. The minimum absolute atomic E-state index is 0.0244. The van der Waals surface area contributed by atoms with Gasteiger partial charge in [-0.1, -0.05) is 12.8 Å². The van der Waals surface area contributed by atoms with Crippen molar-refractivity contribution in [3.8, 4) is 5.88 Å². The largest absolute Gasteiger partial charge is 0.414 e. The van der Waals surface area contributed by atoms with Crippen LogP contribution in [0, 0.1) is 0 Å². The second-order valence-corrected chi connectivity index (χ2v) is 15.9. The Morgan fingerprint density at radius 1 is 1.23 bits per heavy atom. The van der Waals surface area contributed by atoms with E-state index in [0.717, 1.165) is 25.7 Å². The highest BCUT2D eigenvalue weighted by Crippen LogP contribution is 2.64. The minimum Gasteiger partial charge on any atom is -0.394 e. The maximum absolute atomic E-state index is 13.6. The zero-order chi connectivity index (χ0) is 31.0. The van der Waals surface area contributed by atoms with Gasteiger partial charge in [-0.15, -0.1) is 11.8 Å². The van der Waals surface area contributed by atoms with E-state index in [4.69, 9.17) is 39.6 Å². The van der Waals surface area contributed by atoms with Crippen molar-refractivity contribution in [3.63, 3.8) is 0 Å². The van der Waals surface area contributed by atoms with Crippen molar-refractivity contribution in [1.82, 2.24) is 25.1 Å². The Kier molecular flexibility index (Phi) is 9.97. The molecular weight excluding hydrogens is 625 g/mol. The quantitative estimate of drug-likeness (QED) is 0.239. The molecule has 1 unspecified atom stereocenters. The molecule has 3 fully saturated rings. The number of rotatable bonds is 12. The van der Waals surface area contributed by atoms with Crippen LogP contribution in [-0.2, 0) is 27.8 Å². The highest BCUT2D eigenvalue weighted by molar-refractivity contribution is 8.06. The van der Waals surface area contributed by atoms with Crippen LogP contribution in [0.5, 0.6) is 5.88 Å². The Morgan fingerprint density at radius 3 is 2.56 bits per heavy atom. The van der Waals surface area contributed by atoms with Crippen molar-refractivity contribution in [2.24, 2.45) is 0 Å². The Bertz CT molecular complexity index is 1350. The van der Waals surface area contributed by atoms with E-state index < -0.39 is 55.1 Å². The van der Waals surface area contributed by atoms with Crippen molar-refractivity contribution in [1.29, 1.82) is 0 Å². The number of carbonyl (C=O) groups is 1. The molecule has 1 saturated carbocycles. The van der Waals surface area contributed by atoms with Crippen molar-refractivity contribution in [3.05, 3.63) is 11.5 Å². The predicted molar refractivity (Wildman–Crippen MR) is 158 cm³/mol. The Morgan fingerprint density at radius 2 is 1.91 bits per heavy atom. The highest BCUT2D eigenvalue weighted by atomic mass is 35.5. The first kappa shape index (κ1) is 32.8. The monoisotopic (exact) mass is 663 g/mol. The SMILES string of the molecule is CCOP(=O)(OCC)C(C)(CO)SC[C@H]1O[C@@H](n2ncc3c(OC(=O)NC4CCCC4)nc(Cl)nc32)[C@@H]2OC(C)(C)O[C@@H]21. The fourth-order valence-electron chi connectivity index (χ4n) is 5.61. The average Bonchev–Trinajstić information content (AvgIpc) is 3.72. The van der Waals surface area contributed by atoms with Gasteiger partial charge in [0.25, 0.3) is 0 Å². The molecule has 2 aromatic heterocycles. The number of aliphatic hydroxyl groups excluding tert-OH is 1. The molecule has 4 heterocycles. The Hall–Kier alpha value is -1.55. The molecule has 5 rings (SSSR count). The first-order chi connectivity index (χ1) is 20.4. The van der Waals surface area contributed by atoms with Crippen LogP contribution >= 0.6 is 31.0 Å². The van der Waals surface area contributed by atoms with Gasteiger partial charge in [0.15, 0.2) is 17.7 Å². The number of aliphatic hydroxyl groups is 1. The number of carbonyl (C=O) groups excluding carboxylic acids is 1. The van der Waals surface area contributed by atoms with Gasteiger partial charge in [-0.2, -0.15) is 15.1 Å². The minimum atomic E-state index is -3.69. The second-order valence-electron chi connectivity index (χ2n) is 11.2. The maximum Gasteiger partial charge on any atom is 0.414 e. The van der Waals surface area contributed by atoms with E-state index in [0.29, 0.717) is 5.39 Å². The topological polar surface area (TPSA) is 165 Å². The second kappa shape index (κ2) is 13.1. The molecule has 0 aromatic carbocycles. The number of aromatic nitrogens is 4. The third kappa shape index (κ3) is 6.70. The summed E-state index contributed by atoms with van der Waals surface area (Å²) in [6.07, 6.45) is 2.29. The smallest absolute Gasteiger partial charge is 0.394 e. The summed E-state index contributed by atoms with van der Waals surface area (Å²) in [6, 6.07) is 0.0631. The normalized spacial score (nSPS) is 27.0. The van der Waals surface area contributed by atoms with Gasteiger partial charge in [0.2, 0.25) is 11.2 Å². The van der Waals surface area contributed by atoms with Gasteiger partial charge in [-0.3, -0.25) is 4.57 Å². The van der Waals surface area contributed by atoms with Crippen LogP contribution in [0.2, 0.25) is 5.28 Å². The van der Waals surface area contributed by atoms with Crippen LogP contribution < -0.4 is 10.1 Å². The fraction of sp³-hybridized carbons (Fsp3) is 0.769. The first-order valence-electron chi connectivity index (χ1n) is 14.5. The lowest BCUT2D eigenvalue weighted by molar-refractivity contribution is -0.195. The van der Waals surface area contributed by atoms with E-state index in [1.807, 2.05) is 0 Å². The van der Waals surface area contributed by atoms with Gasteiger partial charge in [0, 0.05) is 11.8 Å². The third-order valence-corrected chi connectivity index (χ3v) is 12.6. The van der Waals surface area contributed by atoms with Crippen molar-refractivity contribution in [2.45, 2.75) is 101 Å². The predicted octanol–water partition coefficient (Wildman–Crippen LogP) is 4.64. The zero-order valence-corrected chi connectivity index (χ0v) is 27.3. The number of nitrogens with one attached hydrogen (secondary N) is 1.